The van der Waals surface area contributed by atoms with Crippen LogP contribution in [0.3, 0.4) is 0 Å². The number of nitrogens with zero attached hydrogens (tertiary/aromatic N) is 4. The van der Waals surface area contributed by atoms with Crippen molar-refractivity contribution in [3.05, 3.63) is 29.2 Å². The van der Waals surface area contributed by atoms with Gasteiger partial charge in [0.05, 0.1) is 11.7 Å². The van der Waals surface area contributed by atoms with Crippen molar-refractivity contribution >= 4 is 17.8 Å². The van der Waals surface area contributed by atoms with Crippen LogP contribution in [0.4, 0.5) is 28.2 Å². The number of anilines is 1. The summed E-state index contributed by atoms with van der Waals surface area (Å²) in [6.07, 6.45) is -5.49. The summed E-state index contributed by atoms with van der Waals surface area (Å²) in [6.45, 7) is 0.973. The maximum atomic E-state index is 14.8. The van der Waals surface area contributed by atoms with Crippen molar-refractivity contribution in [1.29, 1.82) is 0 Å². The zero-order valence-corrected chi connectivity index (χ0v) is 18.4. The third kappa shape index (κ3) is 5.00. The fourth-order valence-electron chi connectivity index (χ4n) is 4.44. The molecule has 0 saturated heterocycles. The first-order chi connectivity index (χ1) is 15.9. The highest BCUT2D eigenvalue weighted by atomic mass is 19.4. The Balaban J connectivity index is 1.40. The highest BCUT2D eigenvalue weighted by molar-refractivity contribution is 6.02. The molecular formula is C20H24F4N6O4. The molecule has 3 atom stereocenters. The Labute approximate surface area is 191 Å². The molecule has 2 aromatic heterocycles. The highest BCUT2D eigenvalue weighted by Crippen LogP contribution is 2.48. The molecule has 3 N–H and O–H groups in total. The van der Waals surface area contributed by atoms with Gasteiger partial charge in [-0.1, -0.05) is 0 Å². The number of rotatable bonds is 7. The second-order valence-electron chi connectivity index (χ2n) is 8.94. The molecule has 0 aromatic carbocycles. The lowest BCUT2D eigenvalue weighted by atomic mass is 10.0. The molecular weight excluding hydrogens is 464 g/mol. The van der Waals surface area contributed by atoms with Crippen molar-refractivity contribution in [3.8, 4) is 0 Å². The maximum absolute atomic E-state index is 14.8. The number of halogens is 4. The summed E-state index contributed by atoms with van der Waals surface area (Å²) in [5.41, 5.74) is -0.0671. The Morgan fingerprint density at radius 1 is 1.35 bits per heavy atom. The summed E-state index contributed by atoms with van der Waals surface area (Å²) in [6, 6.07) is 1.94. The molecule has 2 amide bonds. The van der Waals surface area contributed by atoms with Crippen LogP contribution >= 0.6 is 0 Å². The Bertz CT molecular complexity index is 1080. The monoisotopic (exact) mass is 488 g/mol. The number of hydrogen-bond donors (Lipinski definition) is 3. The third-order valence-electron chi connectivity index (χ3n) is 6.37. The molecule has 2 heterocycles. The summed E-state index contributed by atoms with van der Waals surface area (Å²) >= 11 is 0. The maximum Gasteiger partial charge on any atom is 0.522 e. The molecule has 0 radical (unpaired) electrons. The lowest BCUT2D eigenvalue weighted by Crippen LogP contribution is -2.49. The number of amides is 2. The van der Waals surface area contributed by atoms with Crippen LogP contribution < -0.4 is 5.32 Å². The van der Waals surface area contributed by atoms with Gasteiger partial charge >= 0.3 is 12.5 Å². The van der Waals surface area contributed by atoms with Crippen LogP contribution in [0.15, 0.2) is 12.1 Å². The number of ether oxygens (including phenoxy) is 1. The number of nitrogens with one attached hydrogen (secondary N) is 2. The van der Waals surface area contributed by atoms with E-state index in [1.54, 1.807) is 0 Å². The molecule has 2 aliphatic rings. The minimum atomic E-state index is -4.82. The number of carbonyl (C=O) groups is 2. The minimum Gasteiger partial charge on any atom is -0.465 e. The quantitative estimate of drug-likeness (QED) is 0.512. The molecule has 2 aromatic rings. The molecule has 4 rings (SSSR count). The van der Waals surface area contributed by atoms with Gasteiger partial charge in [-0.15, -0.1) is 13.2 Å². The van der Waals surface area contributed by atoms with E-state index < -0.39 is 42.7 Å². The van der Waals surface area contributed by atoms with Gasteiger partial charge in [0.15, 0.2) is 5.82 Å². The van der Waals surface area contributed by atoms with E-state index in [4.69, 9.17) is 0 Å². The molecule has 14 heteroatoms. The molecule has 0 bridgehead atoms. The first kappa shape index (κ1) is 24.0. The van der Waals surface area contributed by atoms with Gasteiger partial charge in [-0.25, -0.2) is 9.18 Å². The molecule has 0 aliphatic heterocycles. The van der Waals surface area contributed by atoms with Gasteiger partial charge in [0.1, 0.15) is 18.5 Å². The molecule has 2 aliphatic carbocycles. The van der Waals surface area contributed by atoms with E-state index >= 15 is 0 Å². The van der Waals surface area contributed by atoms with Crippen LogP contribution in [0.1, 0.15) is 60.4 Å². The van der Waals surface area contributed by atoms with Crippen LogP contribution in [-0.2, 0) is 18.4 Å². The molecule has 2 saturated carbocycles. The van der Waals surface area contributed by atoms with E-state index in [2.05, 4.69) is 25.3 Å². The van der Waals surface area contributed by atoms with Crippen molar-refractivity contribution in [2.45, 2.75) is 69.2 Å². The first-order valence-corrected chi connectivity index (χ1v) is 10.6. The summed E-state index contributed by atoms with van der Waals surface area (Å²) in [5, 5.41) is 22.7. The molecule has 2 fully saturated rings. The molecule has 34 heavy (non-hydrogen) atoms. The standard InChI is InChI=1S/C20H24F4N6O4/c1-19(3-4-19)30(18(32)33)14-6-10(5-12(14)21)13-8-16(27-26-13)25-17(31)15-7-11(28-29(15)2)9-34-20(22,23)24/h7-8,10,12,14H,3-6,9H2,1-2H3,(H,32,33)(H2,25,26,27,31)/t10-,12+,14-/m1/s1. The minimum absolute atomic E-state index is 0.00939. The number of carboxylic acid groups (broad SMARTS) is 1. The first-order valence-electron chi connectivity index (χ1n) is 10.6. The van der Waals surface area contributed by atoms with Crippen molar-refractivity contribution in [3.63, 3.8) is 0 Å². The van der Waals surface area contributed by atoms with E-state index in [1.807, 2.05) is 6.92 Å². The number of carbonyl (C=O) groups excluding carboxylic acids is 1. The molecule has 0 unspecified atom stereocenters. The summed E-state index contributed by atoms with van der Waals surface area (Å²) in [7, 11) is 1.40. The fourth-order valence-corrected chi connectivity index (χ4v) is 4.44. The lowest BCUT2D eigenvalue weighted by molar-refractivity contribution is -0.330. The van der Waals surface area contributed by atoms with Crippen molar-refractivity contribution in [2.24, 2.45) is 7.05 Å². The Hall–Kier alpha value is -3.16. The predicted octanol–water partition coefficient (Wildman–Crippen LogP) is 3.55. The Kier molecular flexibility index (Phi) is 6.04. The summed E-state index contributed by atoms with van der Waals surface area (Å²) in [5.74, 6) is -0.833. The van der Waals surface area contributed by atoms with Crippen molar-refractivity contribution < 1.29 is 37.0 Å². The third-order valence-corrected chi connectivity index (χ3v) is 6.37. The van der Waals surface area contributed by atoms with Crippen LogP contribution in [0.25, 0.3) is 0 Å². The van der Waals surface area contributed by atoms with Gasteiger partial charge in [-0.3, -0.25) is 24.2 Å². The Morgan fingerprint density at radius 3 is 2.68 bits per heavy atom. The molecule has 186 valence electrons. The van der Waals surface area contributed by atoms with Gasteiger partial charge in [-0.05, 0) is 38.7 Å². The van der Waals surface area contributed by atoms with Crippen molar-refractivity contribution in [2.75, 3.05) is 5.32 Å². The normalized spacial score (nSPS) is 23.6. The number of aryl methyl sites for hydroxylation is 1. The average Bonchev–Trinajstić information content (AvgIpc) is 3.08. The summed E-state index contributed by atoms with van der Waals surface area (Å²) in [4.78, 5) is 25.5. The van der Waals surface area contributed by atoms with Gasteiger partial charge in [0.2, 0.25) is 0 Å². The van der Waals surface area contributed by atoms with Crippen molar-refractivity contribution in [1.82, 2.24) is 24.9 Å². The van der Waals surface area contributed by atoms with Gasteiger partial charge in [-0.2, -0.15) is 10.2 Å². The van der Waals surface area contributed by atoms with Crippen LogP contribution in [-0.4, -0.2) is 66.1 Å². The van der Waals surface area contributed by atoms with E-state index in [9.17, 15) is 32.3 Å². The lowest BCUT2D eigenvalue weighted by Gasteiger charge is -2.33. The topological polar surface area (TPSA) is 125 Å². The van der Waals surface area contributed by atoms with E-state index in [0.717, 1.165) is 4.68 Å². The second-order valence-corrected chi connectivity index (χ2v) is 8.94. The van der Waals surface area contributed by atoms with Gasteiger partial charge in [0.25, 0.3) is 5.91 Å². The number of hydrogen-bond acceptors (Lipinski definition) is 5. The number of aromatic amines is 1. The SMILES string of the molecule is Cn1nc(COC(F)(F)F)cc1C(=O)Nc1cc([C@H]2C[C@@H](N(C(=O)O)C3(C)CC3)[C@@H](F)C2)[nH]n1. The zero-order chi connectivity index (χ0) is 24.8. The van der Waals surface area contributed by atoms with E-state index in [1.165, 1.54) is 24.1 Å². The van der Waals surface area contributed by atoms with E-state index in [-0.39, 0.29) is 36.0 Å². The van der Waals surface area contributed by atoms with Crippen LogP contribution in [0.5, 0.6) is 0 Å². The van der Waals surface area contributed by atoms with Crippen LogP contribution in [0, 0.1) is 0 Å². The van der Waals surface area contributed by atoms with Gasteiger partial charge in [0, 0.05) is 30.3 Å². The second kappa shape index (κ2) is 8.56. The Morgan fingerprint density at radius 2 is 2.06 bits per heavy atom. The van der Waals surface area contributed by atoms with Crippen LogP contribution in [0.2, 0.25) is 0 Å². The van der Waals surface area contributed by atoms with Gasteiger partial charge < -0.3 is 10.4 Å². The largest absolute Gasteiger partial charge is 0.522 e. The predicted molar refractivity (Wildman–Crippen MR) is 109 cm³/mol. The fraction of sp³-hybridized carbons (Fsp3) is 0.600. The number of alkyl halides is 4. The highest BCUT2D eigenvalue weighted by Gasteiger charge is 2.53. The average molecular weight is 488 g/mol. The smallest absolute Gasteiger partial charge is 0.465 e. The number of H-pyrrole nitrogens is 1. The zero-order valence-electron chi connectivity index (χ0n) is 18.4. The molecule has 0 spiro atoms. The number of aromatic nitrogens is 4. The summed E-state index contributed by atoms with van der Waals surface area (Å²) < 4.78 is 56.3. The van der Waals surface area contributed by atoms with E-state index in [0.29, 0.717) is 18.5 Å². The molecule has 10 nitrogen and oxygen atoms in total.